The summed E-state index contributed by atoms with van der Waals surface area (Å²) in [5.41, 5.74) is 5.57. The molecule has 0 saturated carbocycles. The van der Waals surface area contributed by atoms with E-state index in [9.17, 15) is 9.59 Å². The fourth-order valence-electron chi connectivity index (χ4n) is 2.02. The Balaban J connectivity index is 2.31. The van der Waals surface area contributed by atoms with Crippen molar-refractivity contribution in [3.8, 4) is 0 Å². The Bertz CT molecular complexity index is 309. The van der Waals surface area contributed by atoms with Gasteiger partial charge >= 0.3 is 5.97 Å². The molecule has 0 aromatic carbocycles. The average molecular weight is 216 g/mol. The highest BCUT2D eigenvalue weighted by atomic mass is 32.2. The lowest BCUT2D eigenvalue weighted by Crippen LogP contribution is -2.58. The van der Waals surface area contributed by atoms with Crippen LogP contribution in [0.2, 0.25) is 0 Å². The van der Waals surface area contributed by atoms with Gasteiger partial charge in [-0.3, -0.25) is 4.79 Å². The molecule has 0 aromatic heterocycles. The minimum absolute atomic E-state index is 0.0251. The molecule has 2 saturated heterocycles. The first-order valence-corrected chi connectivity index (χ1v) is 5.29. The van der Waals surface area contributed by atoms with Gasteiger partial charge < -0.3 is 15.7 Å². The van der Waals surface area contributed by atoms with Gasteiger partial charge in [0, 0.05) is 6.54 Å². The van der Waals surface area contributed by atoms with Gasteiger partial charge in [-0.25, -0.2) is 4.79 Å². The number of rotatable bonds is 2. The first kappa shape index (κ1) is 9.79. The molecule has 2 fully saturated rings. The Morgan fingerprint density at radius 3 is 2.93 bits per heavy atom. The number of hydrogen-bond acceptors (Lipinski definition) is 4. The van der Waals surface area contributed by atoms with Gasteiger partial charge in [-0.1, -0.05) is 0 Å². The molecule has 0 spiro atoms. The lowest BCUT2D eigenvalue weighted by molar-refractivity contribution is -0.157. The molecule has 0 aliphatic carbocycles. The number of nitrogens with zero attached hydrogens (tertiary/aromatic N) is 1. The number of amides is 1. The summed E-state index contributed by atoms with van der Waals surface area (Å²) in [5.74, 6) is -1.03. The SMILES string of the molecule is CC1(CN)SC2CC(=O)N2C1C(=O)O. The van der Waals surface area contributed by atoms with Crippen molar-refractivity contribution in [2.24, 2.45) is 5.73 Å². The van der Waals surface area contributed by atoms with Crippen molar-refractivity contribution in [3.05, 3.63) is 0 Å². The third-order valence-electron chi connectivity index (χ3n) is 2.85. The fourth-order valence-corrected chi connectivity index (χ4v) is 3.66. The van der Waals surface area contributed by atoms with E-state index < -0.39 is 16.8 Å². The second kappa shape index (κ2) is 2.87. The van der Waals surface area contributed by atoms with E-state index in [4.69, 9.17) is 10.8 Å². The Morgan fingerprint density at radius 2 is 2.50 bits per heavy atom. The first-order chi connectivity index (χ1) is 6.49. The van der Waals surface area contributed by atoms with Crippen LogP contribution in [0.15, 0.2) is 0 Å². The predicted molar refractivity (Wildman–Crippen MR) is 51.7 cm³/mol. The van der Waals surface area contributed by atoms with Crippen LogP contribution in [-0.2, 0) is 9.59 Å². The third-order valence-corrected chi connectivity index (χ3v) is 4.44. The van der Waals surface area contributed by atoms with Crippen molar-refractivity contribution < 1.29 is 14.7 Å². The summed E-state index contributed by atoms with van der Waals surface area (Å²) in [6.45, 7) is 2.08. The van der Waals surface area contributed by atoms with E-state index >= 15 is 0 Å². The Morgan fingerprint density at radius 1 is 1.86 bits per heavy atom. The molecule has 3 unspecified atom stereocenters. The third kappa shape index (κ3) is 1.07. The first-order valence-electron chi connectivity index (χ1n) is 4.41. The molecule has 78 valence electrons. The Kier molecular flexibility index (Phi) is 2.01. The van der Waals surface area contributed by atoms with Crippen LogP contribution in [0.1, 0.15) is 13.3 Å². The molecular weight excluding hydrogens is 204 g/mol. The quantitative estimate of drug-likeness (QED) is 0.606. The van der Waals surface area contributed by atoms with Gasteiger partial charge in [-0.2, -0.15) is 0 Å². The summed E-state index contributed by atoms with van der Waals surface area (Å²) in [6.07, 6.45) is 0.448. The number of carbonyl (C=O) groups excluding carboxylic acids is 1. The molecule has 3 atom stereocenters. The monoisotopic (exact) mass is 216 g/mol. The van der Waals surface area contributed by atoms with Crippen molar-refractivity contribution in [2.45, 2.75) is 29.5 Å². The van der Waals surface area contributed by atoms with Crippen molar-refractivity contribution in [3.63, 3.8) is 0 Å². The number of carboxylic acid groups (broad SMARTS) is 1. The molecule has 2 aliphatic rings. The number of fused-ring (bicyclic) bond motifs is 1. The highest BCUT2D eigenvalue weighted by molar-refractivity contribution is 8.01. The summed E-state index contributed by atoms with van der Waals surface area (Å²) in [4.78, 5) is 23.7. The van der Waals surface area contributed by atoms with E-state index in [1.165, 1.54) is 16.7 Å². The fraction of sp³-hybridized carbons (Fsp3) is 0.750. The van der Waals surface area contributed by atoms with Gasteiger partial charge in [0.05, 0.1) is 16.5 Å². The molecule has 2 heterocycles. The van der Waals surface area contributed by atoms with Crippen LogP contribution in [0.5, 0.6) is 0 Å². The van der Waals surface area contributed by atoms with E-state index in [2.05, 4.69) is 0 Å². The van der Waals surface area contributed by atoms with Crippen LogP contribution in [0.4, 0.5) is 0 Å². The number of nitrogens with two attached hydrogens (primary N) is 1. The summed E-state index contributed by atoms with van der Waals surface area (Å²) < 4.78 is -0.539. The van der Waals surface area contributed by atoms with Gasteiger partial charge in [0.15, 0.2) is 0 Å². The lowest BCUT2D eigenvalue weighted by atomic mass is 9.97. The Labute approximate surface area is 85.6 Å². The Hall–Kier alpha value is -0.750. The largest absolute Gasteiger partial charge is 0.480 e. The maximum absolute atomic E-state index is 11.2. The molecule has 0 bridgehead atoms. The highest BCUT2D eigenvalue weighted by Crippen LogP contribution is 2.50. The van der Waals surface area contributed by atoms with Gasteiger partial charge in [0.25, 0.3) is 0 Å². The maximum atomic E-state index is 11.2. The number of hydrogen-bond donors (Lipinski definition) is 2. The highest BCUT2D eigenvalue weighted by Gasteiger charge is 2.59. The summed E-state index contributed by atoms with van der Waals surface area (Å²) in [5, 5.41) is 9.08. The zero-order chi connectivity index (χ0) is 10.5. The molecule has 6 heteroatoms. The van der Waals surface area contributed by atoms with Crippen molar-refractivity contribution in [1.82, 2.24) is 4.90 Å². The van der Waals surface area contributed by atoms with E-state index in [0.29, 0.717) is 6.42 Å². The zero-order valence-electron chi connectivity index (χ0n) is 7.77. The molecule has 0 aromatic rings. The standard InChI is InChI=1S/C8H12N2O3S/c1-8(3-9)6(7(12)13)10-4(11)2-5(10)14-8/h5-6H,2-3,9H2,1H3,(H,12,13). The number of carbonyl (C=O) groups is 2. The van der Waals surface area contributed by atoms with Crippen LogP contribution in [0.25, 0.3) is 0 Å². The second-order valence-electron chi connectivity index (χ2n) is 3.84. The number of β-lactam (4-membered cyclic amide) rings is 1. The van der Waals surface area contributed by atoms with E-state index in [1.54, 1.807) is 0 Å². The lowest BCUT2D eigenvalue weighted by Gasteiger charge is -2.36. The molecule has 1 amide bonds. The molecular formula is C8H12N2O3S. The zero-order valence-corrected chi connectivity index (χ0v) is 8.58. The van der Waals surface area contributed by atoms with Gasteiger partial charge in [0.1, 0.15) is 6.04 Å². The predicted octanol–water partition coefficient (Wildman–Crippen LogP) is -0.538. The molecule has 2 aliphatic heterocycles. The van der Waals surface area contributed by atoms with Gasteiger partial charge in [-0.15, -0.1) is 11.8 Å². The smallest absolute Gasteiger partial charge is 0.327 e. The number of thioether (sulfide) groups is 1. The molecule has 5 nitrogen and oxygen atoms in total. The normalized spacial score (nSPS) is 40.7. The number of aliphatic carboxylic acids is 1. The minimum Gasteiger partial charge on any atom is -0.480 e. The van der Waals surface area contributed by atoms with Crippen molar-refractivity contribution in [1.29, 1.82) is 0 Å². The van der Waals surface area contributed by atoms with E-state index in [-0.39, 0.29) is 17.8 Å². The summed E-state index contributed by atoms with van der Waals surface area (Å²) in [7, 11) is 0. The molecule has 14 heavy (non-hydrogen) atoms. The van der Waals surface area contributed by atoms with Crippen LogP contribution in [-0.4, -0.2) is 44.6 Å². The molecule has 3 N–H and O–H groups in total. The minimum atomic E-state index is -0.957. The second-order valence-corrected chi connectivity index (χ2v) is 5.55. The van der Waals surface area contributed by atoms with Crippen molar-refractivity contribution >= 4 is 23.6 Å². The van der Waals surface area contributed by atoms with E-state index in [1.807, 2.05) is 6.92 Å². The van der Waals surface area contributed by atoms with E-state index in [0.717, 1.165) is 0 Å². The van der Waals surface area contributed by atoms with Crippen molar-refractivity contribution in [2.75, 3.05) is 6.54 Å². The topological polar surface area (TPSA) is 83.6 Å². The average Bonchev–Trinajstić information content (AvgIpc) is 2.35. The van der Waals surface area contributed by atoms with Gasteiger partial charge in [-0.05, 0) is 6.92 Å². The summed E-state index contributed by atoms with van der Waals surface area (Å²) >= 11 is 1.50. The summed E-state index contributed by atoms with van der Waals surface area (Å²) in [6, 6.07) is -0.760. The molecule has 0 radical (unpaired) electrons. The van der Waals surface area contributed by atoms with Crippen LogP contribution in [0.3, 0.4) is 0 Å². The van der Waals surface area contributed by atoms with Crippen LogP contribution in [0, 0.1) is 0 Å². The van der Waals surface area contributed by atoms with Crippen LogP contribution >= 0.6 is 11.8 Å². The maximum Gasteiger partial charge on any atom is 0.327 e. The number of carboxylic acids is 1. The van der Waals surface area contributed by atoms with Gasteiger partial charge in [0.2, 0.25) is 5.91 Å². The van der Waals surface area contributed by atoms with Crippen LogP contribution < -0.4 is 5.73 Å². The molecule has 2 rings (SSSR count).